The van der Waals surface area contributed by atoms with Crippen LogP contribution in [0.15, 0.2) is 53.9 Å². The van der Waals surface area contributed by atoms with E-state index in [1.165, 1.54) is 0 Å². The van der Waals surface area contributed by atoms with Crippen molar-refractivity contribution in [2.75, 3.05) is 17.8 Å². The van der Waals surface area contributed by atoms with Crippen LogP contribution in [0, 0.1) is 0 Å². The largest absolute Gasteiger partial charge is 0.286 e. The summed E-state index contributed by atoms with van der Waals surface area (Å²) >= 11 is 5.88. The van der Waals surface area contributed by atoms with E-state index in [0.29, 0.717) is 24.4 Å². The number of aromatic nitrogens is 1. The predicted octanol–water partition coefficient (Wildman–Crippen LogP) is 2.77. The number of hydrogen-bond donors (Lipinski definition) is 1. The van der Waals surface area contributed by atoms with Gasteiger partial charge in [-0.1, -0.05) is 11.6 Å². The number of anilines is 1. The Bertz CT molecular complexity index is 823. The maximum atomic E-state index is 10.7. The van der Waals surface area contributed by atoms with E-state index < -0.39 is 10.1 Å². The zero-order chi connectivity index (χ0) is 18.3. The highest BCUT2D eigenvalue weighted by Gasteiger charge is 2.06. The summed E-state index contributed by atoms with van der Waals surface area (Å²) in [5.74, 6) is -0.208. The molecule has 0 bridgehead atoms. The number of aryl methyl sites for hydroxylation is 1. The Hall–Kier alpha value is -1.96. The van der Waals surface area contributed by atoms with Gasteiger partial charge < -0.3 is 0 Å². The van der Waals surface area contributed by atoms with Crippen molar-refractivity contribution in [3.8, 4) is 0 Å². The van der Waals surface area contributed by atoms with Crippen molar-refractivity contribution >= 4 is 33.6 Å². The average molecular weight is 383 g/mol. The molecule has 2 aromatic rings. The van der Waals surface area contributed by atoms with Gasteiger partial charge in [-0.25, -0.2) is 4.57 Å². The van der Waals surface area contributed by atoms with Crippen LogP contribution in [0.2, 0.25) is 5.02 Å². The smallest absolute Gasteiger partial charge is 0.264 e. The molecule has 6 nitrogen and oxygen atoms in total. The fraction of sp³-hybridized carbons (Fsp3) is 0.294. The molecular weight excluding hydrogens is 362 g/mol. The summed E-state index contributed by atoms with van der Waals surface area (Å²) in [4.78, 5) is 0. The van der Waals surface area contributed by atoms with Crippen LogP contribution in [0.25, 0.3) is 0 Å². The standard InChI is InChI=1S/C17H20ClN3O3S/c1-20(17-8-6-16(18)7-9-17)19-13-15-5-4-11-21(14-15)10-2-3-12-25(22,23)24/h4-9,11,13-14H,2-3,10,12H2,1H3/p+1. The molecule has 8 heteroatoms. The van der Waals surface area contributed by atoms with Crippen molar-refractivity contribution in [3.05, 3.63) is 59.4 Å². The van der Waals surface area contributed by atoms with Crippen LogP contribution in [-0.2, 0) is 16.7 Å². The summed E-state index contributed by atoms with van der Waals surface area (Å²) < 4.78 is 32.1. The molecule has 0 unspecified atom stereocenters. The first-order chi connectivity index (χ1) is 11.8. The Balaban J connectivity index is 1.92. The maximum Gasteiger partial charge on any atom is 0.264 e. The van der Waals surface area contributed by atoms with Gasteiger partial charge in [-0.05, 0) is 36.8 Å². The van der Waals surface area contributed by atoms with E-state index in [-0.39, 0.29) is 5.75 Å². The third kappa shape index (κ3) is 7.21. The Morgan fingerprint density at radius 1 is 1.24 bits per heavy atom. The van der Waals surface area contributed by atoms with E-state index in [1.54, 1.807) is 11.2 Å². The SMILES string of the molecule is CN(N=Cc1ccc[n+](CCCCS(=O)(=O)O)c1)c1ccc(Cl)cc1. The third-order valence-electron chi connectivity index (χ3n) is 3.53. The van der Waals surface area contributed by atoms with E-state index in [4.69, 9.17) is 16.2 Å². The van der Waals surface area contributed by atoms with E-state index in [9.17, 15) is 8.42 Å². The molecule has 1 aromatic heterocycles. The highest BCUT2D eigenvalue weighted by Crippen LogP contribution is 2.16. The van der Waals surface area contributed by atoms with E-state index in [2.05, 4.69) is 5.10 Å². The second kappa shape index (κ2) is 8.94. The van der Waals surface area contributed by atoms with Gasteiger partial charge in [0.05, 0.1) is 23.2 Å². The highest BCUT2D eigenvalue weighted by atomic mass is 35.5. The molecule has 1 N–H and O–H groups in total. The molecular formula is C17H21ClN3O3S+. The number of halogens is 1. The minimum Gasteiger partial charge on any atom is -0.286 e. The fourth-order valence-electron chi connectivity index (χ4n) is 2.21. The summed E-state index contributed by atoms with van der Waals surface area (Å²) in [6, 6.07) is 11.2. The molecule has 0 amide bonds. The molecule has 1 aromatic carbocycles. The second-order valence-electron chi connectivity index (χ2n) is 5.61. The van der Waals surface area contributed by atoms with Crippen LogP contribution in [0.5, 0.6) is 0 Å². The Morgan fingerprint density at radius 2 is 1.96 bits per heavy atom. The summed E-state index contributed by atoms with van der Waals surface area (Å²) in [5, 5.41) is 6.83. The van der Waals surface area contributed by atoms with Crippen LogP contribution in [-0.4, -0.2) is 32.0 Å². The second-order valence-corrected chi connectivity index (χ2v) is 7.62. The molecule has 1 heterocycles. The van der Waals surface area contributed by atoms with Crippen LogP contribution in [0.1, 0.15) is 18.4 Å². The molecule has 0 aliphatic carbocycles. The summed E-state index contributed by atoms with van der Waals surface area (Å²) in [6.45, 7) is 0.671. The van der Waals surface area contributed by atoms with Crippen molar-refractivity contribution in [1.29, 1.82) is 0 Å². The lowest BCUT2D eigenvalue weighted by Crippen LogP contribution is -2.33. The molecule has 0 atom stereocenters. The van der Waals surface area contributed by atoms with Gasteiger partial charge in [0.25, 0.3) is 10.1 Å². The van der Waals surface area contributed by atoms with Crippen molar-refractivity contribution in [1.82, 2.24) is 0 Å². The number of hydrogen-bond acceptors (Lipinski definition) is 4. The van der Waals surface area contributed by atoms with Crippen molar-refractivity contribution in [2.24, 2.45) is 5.10 Å². The first-order valence-electron chi connectivity index (χ1n) is 7.81. The third-order valence-corrected chi connectivity index (χ3v) is 4.59. The molecule has 134 valence electrons. The number of rotatable bonds is 8. The molecule has 0 saturated carbocycles. The number of nitrogens with zero attached hydrogens (tertiary/aromatic N) is 3. The zero-order valence-corrected chi connectivity index (χ0v) is 15.5. The lowest BCUT2D eigenvalue weighted by molar-refractivity contribution is -0.697. The Kier molecular flexibility index (Phi) is 6.92. The first kappa shape index (κ1) is 19.4. The minimum atomic E-state index is -3.88. The van der Waals surface area contributed by atoms with Gasteiger partial charge in [-0.15, -0.1) is 0 Å². The van der Waals surface area contributed by atoms with Crippen LogP contribution in [0.3, 0.4) is 0 Å². The van der Waals surface area contributed by atoms with Gasteiger partial charge in [-0.2, -0.15) is 13.5 Å². The molecule has 0 fully saturated rings. The van der Waals surface area contributed by atoms with E-state index in [0.717, 1.165) is 11.3 Å². The molecule has 0 spiro atoms. The van der Waals surface area contributed by atoms with Gasteiger partial charge in [0.1, 0.15) is 6.54 Å². The summed E-state index contributed by atoms with van der Waals surface area (Å²) in [7, 11) is -2.02. The van der Waals surface area contributed by atoms with Gasteiger partial charge in [0.2, 0.25) is 0 Å². The van der Waals surface area contributed by atoms with Crippen molar-refractivity contribution in [3.63, 3.8) is 0 Å². The number of hydrazone groups is 1. The summed E-state index contributed by atoms with van der Waals surface area (Å²) in [6.07, 6.45) is 6.68. The topological polar surface area (TPSA) is 73.8 Å². The molecule has 0 aliphatic heterocycles. The molecule has 0 aliphatic rings. The van der Waals surface area contributed by atoms with Gasteiger partial charge >= 0.3 is 0 Å². The number of benzene rings is 1. The highest BCUT2D eigenvalue weighted by molar-refractivity contribution is 7.85. The average Bonchev–Trinajstić information content (AvgIpc) is 2.57. The zero-order valence-electron chi connectivity index (χ0n) is 13.9. The van der Waals surface area contributed by atoms with Crippen molar-refractivity contribution < 1.29 is 17.5 Å². The fourth-order valence-corrected chi connectivity index (χ4v) is 2.91. The monoisotopic (exact) mass is 382 g/mol. The lowest BCUT2D eigenvalue weighted by atomic mass is 10.3. The van der Waals surface area contributed by atoms with E-state index >= 15 is 0 Å². The molecule has 0 radical (unpaired) electrons. The Morgan fingerprint density at radius 3 is 2.64 bits per heavy atom. The number of pyridine rings is 1. The van der Waals surface area contributed by atoms with Crippen molar-refractivity contribution in [2.45, 2.75) is 19.4 Å². The van der Waals surface area contributed by atoms with Gasteiger partial charge in [0, 0.05) is 24.6 Å². The Labute approximate surface area is 153 Å². The van der Waals surface area contributed by atoms with Crippen LogP contribution in [0.4, 0.5) is 5.69 Å². The summed E-state index contributed by atoms with van der Waals surface area (Å²) in [5.41, 5.74) is 1.85. The molecule has 2 rings (SSSR count). The van der Waals surface area contributed by atoms with Gasteiger partial charge in [0.15, 0.2) is 12.4 Å². The maximum absolute atomic E-state index is 10.7. The van der Waals surface area contributed by atoms with Gasteiger partial charge in [-0.3, -0.25) is 9.56 Å². The quantitative estimate of drug-likeness (QED) is 0.250. The predicted molar refractivity (Wildman–Crippen MR) is 99.7 cm³/mol. The number of unbranched alkanes of at least 4 members (excludes halogenated alkanes) is 1. The lowest BCUT2D eigenvalue weighted by Gasteiger charge is -2.12. The van der Waals surface area contributed by atoms with Crippen LogP contribution < -0.4 is 9.58 Å². The normalized spacial score (nSPS) is 11.8. The molecule has 0 saturated heterocycles. The van der Waals surface area contributed by atoms with E-state index in [1.807, 2.05) is 60.4 Å². The molecule has 25 heavy (non-hydrogen) atoms. The minimum absolute atomic E-state index is 0.208. The first-order valence-corrected chi connectivity index (χ1v) is 9.80. The van der Waals surface area contributed by atoms with Crippen LogP contribution >= 0.6 is 11.6 Å².